The molecule has 2 heterocycles. The SMILES string of the molecule is CCC1(C)NC(=O)C(C(C)C)N(CCC2CCOC2)C1=O. The van der Waals surface area contributed by atoms with E-state index in [4.69, 9.17) is 4.74 Å². The van der Waals surface area contributed by atoms with Crippen LogP contribution in [0.4, 0.5) is 0 Å². The molecular weight excluding hydrogens is 268 g/mol. The Hall–Kier alpha value is -1.10. The fraction of sp³-hybridized carbons (Fsp3) is 0.875. The predicted molar refractivity (Wildman–Crippen MR) is 80.7 cm³/mol. The van der Waals surface area contributed by atoms with E-state index in [9.17, 15) is 9.59 Å². The van der Waals surface area contributed by atoms with Crippen molar-refractivity contribution in [1.29, 1.82) is 0 Å². The number of ether oxygens (including phenoxy) is 1. The van der Waals surface area contributed by atoms with E-state index >= 15 is 0 Å². The summed E-state index contributed by atoms with van der Waals surface area (Å²) in [6.07, 6.45) is 2.60. The van der Waals surface area contributed by atoms with Crippen LogP contribution in [0.3, 0.4) is 0 Å². The van der Waals surface area contributed by atoms with Crippen molar-refractivity contribution in [3.63, 3.8) is 0 Å². The molecule has 2 rings (SSSR count). The van der Waals surface area contributed by atoms with Crippen molar-refractivity contribution in [2.45, 2.75) is 58.5 Å². The number of nitrogens with zero attached hydrogens (tertiary/aromatic N) is 1. The van der Waals surface area contributed by atoms with Gasteiger partial charge in [0.15, 0.2) is 0 Å². The zero-order valence-corrected chi connectivity index (χ0v) is 13.6. The third kappa shape index (κ3) is 3.23. The molecule has 2 aliphatic heterocycles. The lowest BCUT2D eigenvalue weighted by Gasteiger charge is -2.45. The van der Waals surface area contributed by atoms with Gasteiger partial charge in [-0.3, -0.25) is 9.59 Å². The summed E-state index contributed by atoms with van der Waals surface area (Å²) in [4.78, 5) is 27.1. The minimum Gasteiger partial charge on any atom is -0.381 e. The zero-order chi connectivity index (χ0) is 15.6. The van der Waals surface area contributed by atoms with E-state index in [1.54, 1.807) is 0 Å². The summed E-state index contributed by atoms with van der Waals surface area (Å²) >= 11 is 0. The average molecular weight is 296 g/mol. The molecule has 21 heavy (non-hydrogen) atoms. The highest BCUT2D eigenvalue weighted by Gasteiger charge is 2.47. The van der Waals surface area contributed by atoms with E-state index in [-0.39, 0.29) is 23.8 Å². The minimum absolute atomic E-state index is 0.0170. The average Bonchev–Trinajstić information content (AvgIpc) is 2.93. The van der Waals surface area contributed by atoms with Crippen molar-refractivity contribution in [2.24, 2.45) is 11.8 Å². The molecule has 1 N–H and O–H groups in total. The molecule has 3 unspecified atom stereocenters. The van der Waals surface area contributed by atoms with Gasteiger partial charge < -0.3 is 15.0 Å². The second-order valence-corrected chi connectivity index (χ2v) is 6.88. The highest BCUT2D eigenvalue weighted by molar-refractivity contribution is 5.99. The number of carbonyl (C=O) groups excluding carboxylic acids is 2. The zero-order valence-electron chi connectivity index (χ0n) is 13.6. The summed E-state index contributed by atoms with van der Waals surface area (Å²) in [7, 11) is 0. The first-order chi connectivity index (χ1) is 9.89. The van der Waals surface area contributed by atoms with Gasteiger partial charge >= 0.3 is 0 Å². The number of nitrogens with one attached hydrogen (secondary N) is 1. The van der Waals surface area contributed by atoms with Gasteiger partial charge in [0.05, 0.1) is 0 Å². The molecule has 0 saturated carbocycles. The third-order valence-corrected chi connectivity index (χ3v) is 4.88. The van der Waals surface area contributed by atoms with Crippen molar-refractivity contribution in [3.05, 3.63) is 0 Å². The molecule has 0 aliphatic carbocycles. The van der Waals surface area contributed by atoms with Gasteiger partial charge in [-0.1, -0.05) is 20.8 Å². The molecule has 2 fully saturated rings. The summed E-state index contributed by atoms with van der Waals surface area (Å²) in [6.45, 7) is 10.0. The number of amides is 2. The predicted octanol–water partition coefficient (Wildman–Crippen LogP) is 1.56. The number of hydrogen-bond acceptors (Lipinski definition) is 3. The lowest BCUT2D eigenvalue weighted by atomic mass is 9.88. The Morgan fingerprint density at radius 2 is 2.14 bits per heavy atom. The quantitative estimate of drug-likeness (QED) is 0.837. The van der Waals surface area contributed by atoms with E-state index in [2.05, 4.69) is 5.32 Å². The molecule has 0 bridgehead atoms. The van der Waals surface area contributed by atoms with E-state index in [0.717, 1.165) is 26.1 Å². The second kappa shape index (κ2) is 6.34. The maximum Gasteiger partial charge on any atom is 0.248 e. The standard InChI is InChI=1S/C16H28N2O3/c1-5-16(4)15(20)18(8-6-12-7-9-21-10-12)13(11(2)3)14(19)17-16/h11-13H,5-10H2,1-4H3,(H,17,19). The van der Waals surface area contributed by atoms with E-state index in [0.29, 0.717) is 18.9 Å². The molecule has 0 aromatic heterocycles. The first-order valence-corrected chi connectivity index (χ1v) is 8.10. The third-order valence-electron chi connectivity index (χ3n) is 4.88. The van der Waals surface area contributed by atoms with Crippen LogP contribution in [0.2, 0.25) is 0 Å². The van der Waals surface area contributed by atoms with Crippen LogP contribution in [0.25, 0.3) is 0 Å². The van der Waals surface area contributed by atoms with Crippen molar-refractivity contribution < 1.29 is 14.3 Å². The monoisotopic (exact) mass is 296 g/mol. The number of rotatable bonds is 5. The van der Waals surface area contributed by atoms with Gasteiger partial charge in [-0.25, -0.2) is 0 Å². The van der Waals surface area contributed by atoms with Crippen LogP contribution < -0.4 is 5.32 Å². The highest BCUT2D eigenvalue weighted by Crippen LogP contribution is 2.27. The molecule has 2 saturated heterocycles. The van der Waals surface area contributed by atoms with Gasteiger partial charge in [0.2, 0.25) is 11.8 Å². The first kappa shape index (κ1) is 16.3. The fourth-order valence-electron chi connectivity index (χ4n) is 3.26. The summed E-state index contributed by atoms with van der Waals surface area (Å²) in [5, 5.41) is 2.93. The summed E-state index contributed by atoms with van der Waals surface area (Å²) in [5.41, 5.74) is -0.755. The van der Waals surface area contributed by atoms with Crippen LogP contribution in [-0.4, -0.2) is 48.1 Å². The molecule has 5 nitrogen and oxygen atoms in total. The largest absolute Gasteiger partial charge is 0.381 e. The molecule has 2 aliphatic rings. The van der Waals surface area contributed by atoms with Gasteiger partial charge in [0, 0.05) is 19.8 Å². The van der Waals surface area contributed by atoms with Crippen LogP contribution in [0.15, 0.2) is 0 Å². The minimum atomic E-state index is -0.755. The van der Waals surface area contributed by atoms with Crippen molar-refractivity contribution >= 4 is 11.8 Å². The van der Waals surface area contributed by atoms with Gasteiger partial charge in [-0.15, -0.1) is 0 Å². The number of piperazine rings is 1. The Labute approximate surface area is 127 Å². The van der Waals surface area contributed by atoms with Gasteiger partial charge in [-0.05, 0) is 38.0 Å². The lowest BCUT2D eigenvalue weighted by Crippen LogP contribution is -2.70. The number of hydrogen-bond donors (Lipinski definition) is 1. The molecule has 0 aromatic rings. The van der Waals surface area contributed by atoms with Gasteiger partial charge in [0.1, 0.15) is 11.6 Å². The fourth-order valence-corrected chi connectivity index (χ4v) is 3.26. The maximum atomic E-state index is 12.8. The van der Waals surface area contributed by atoms with E-state index < -0.39 is 5.54 Å². The topological polar surface area (TPSA) is 58.6 Å². The Bertz CT molecular complexity index is 404. The Morgan fingerprint density at radius 1 is 1.43 bits per heavy atom. The smallest absolute Gasteiger partial charge is 0.248 e. The van der Waals surface area contributed by atoms with Crippen molar-refractivity contribution in [1.82, 2.24) is 10.2 Å². The van der Waals surface area contributed by atoms with Gasteiger partial charge in [0.25, 0.3) is 0 Å². The van der Waals surface area contributed by atoms with Crippen LogP contribution in [-0.2, 0) is 14.3 Å². The maximum absolute atomic E-state index is 12.8. The molecule has 0 aromatic carbocycles. The van der Waals surface area contributed by atoms with Crippen LogP contribution in [0.1, 0.15) is 47.0 Å². The molecule has 120 valence electrons. The van der Waals surface area contributed by atoms with Crippen molar-refractivity contribution in [2.75, 3.05) is 19.8 Å². The number of carbonyl (C=O) groups is 2. The molecule has 5 heteroatoms. The van der Waals surface area contributed by atoms with Crippen LogP contribution in [0.5, 0.6) is 0 Å². The van der Waals surface area contributed by atoms with Crippen molar-refractivity contribution in [3.8, 4) is 0 Å². The second-order valence-electron chi connectivity index (χ2n) is 6.88. The molecule has 0 spiro atoms. The van der Waals surface area contributed by atoms with E-state index in [1.807, 2.05) is 32.6 Å². The lowest BCUT2D eigenvalue weighted by molar-refractivity contribution is -0.156. The summed E-state index contributed by atoms with van der Waals surface area (Å²) in [6, 6.07) is -0.348. The molecule has 3 atom stereocenters. The normalized spacial score (nSPS) is 33.7. The highest BCUT2D eigenvalue weighted by atomic mass is 16.5. The Balaban J connectivity index is 2.13. The van der Waals surface area contributed by atoms with Crippen LogP contribution in [0, 0.1) is 11.8 Å². The Morgan fingerprint density at radius 3 is 2.67 bits per heavy atom. The molecule has 0 radical (unpaired) electrons. The first-order valence-electron chi connectivity index (χ1n) is 8.10. The Kier molecular flexibility index (Phi) is 4.91. The van der Waals surface area contributed by atoms with Gasteiger partial charge in [-0.2, -0.15) is 0 Å². The summed E-state index contributed by atoms with van der Waals surface area (Å²) in [5.74, 6) is 0.678. The summed E-state index contributed by atoms with van der Waals surface area (Å²) < 4.78 is 5.40. The van der Waals surface area contributed by atoms with E-state index in [1.165, 1.54) is 0 Å². The van der Waals surface area contributed by atoms with Crippen LogP contribution >= 0.6 is 0 Å². The molecule has 2 amide bonds. The molecular formula is C16H28N2O3.